The highest BCUT2D eigenvalue weighted by atomic mass is 16.4. The summed E-state index contributed by atoms with van der Waals surface area (Å²) in [5, 5.41) is 11.7. The van der Waals surface area contributed by atoms with Crippen molar-refractivity contribution >= 4 is 5.84 Å². The molecular weight excluding hydrogens is 252 g/mol. The molecule has 0 bridgehead atoms. The minimum absolute atomic E-state index is 0.0599. The first-order valence-electron chi connectivity index (χ1n) is 7.27. The normalized spacial score (nSPS) is 19.4. The van der Waals surface area contributed by atoms with Gasteiger partial charge in [-0.2, -0.15) is 0 Å². The fourth-order valence-electron chi connectivity index (χ4n) is 3.01. The molecule has 0 aromatic carbocycles. The molecule has 5 nitrogen and oxygen atoms in total. The van der Waals surface area contributed by atoms with Gasteiger partial charge in [-0.3, -0.25) is 9.88 Å². The molecule has 0 atom stereocenters. The van der Waals surface area contributed by atoms with E-state index >= 15 is 0 Å². The number of amidine groups is 1. The van der Waals surface area contributed by atoms with Gasteiger partial charge in [-0.25, -0.2) is 0 Å². The summed E-state index contributed by atoms with van der Waals surface area (Å²) in [6, 6.07) is 3.89. The second kappa shape index (κ2) is 6.22. The number of oxime groups is 1. The molecule has 1 aromatic heterocycles. The zero-order chi connectivity index (χ0) is 14.6. The van der Waals surface area contributed by atoms with Crippen LogP contribution in [0, 0.1) is 5.41 Å². The highest BCUT2D eigenvalue weighted by molar-refractivity contribution is 5.95. The standard InChI is InChI=1S/C15H24N4O/c1-3-15(4-2)6-8-19(11-15)10-12-5-7-17-13(9-12)14(16)18-20/h5,7,9,20H,3-4,6,8,10-11H2,1-2H3,(H2,16,18). The van der Waals surface area contributed by atoms with E-state index in [0.717, 1.165) is 25.2 Å². The van der Waals surface area contributed by atoms with Gasteiger partial charge in [0.2, 0.25) is 0 Å². The Balaban J connectivity index is 2.05. The van der Waals surface area contributed by atoms with E-state index < -0.39 is 0 Å². The Hall–Kier alpha value is -1.62. The first-order valence-corrected chi connectivity index (χ1v) is 7.27. The molecule has 1 aliphatic heterocycles. The molecule has 0 aliphatic carbocycles. The zero-order valence-corrected chi connectivity index (χ0v) is 12.3. The number of hydrogen-bond acceptors (Lipinski definition) is 4. The van der Waals surface area contributed by atoms with Crippen molar-refractivity contribution in [3.8, 4) is 0 Å². The zero-order valence-electron chi connectivity index (χ0n) is 12.3. The largest absolute Gasteiger partial charge is 0.409 e. The van der Waals surface area contributed by atoms with Gasteiger partial charge in [0.05, 0.1) is 0 Å². The summed E-state index contributed by atoms with van der Waals surface area (Å²) in [6.45, 7) is 7.77. The average molecular weight is 276 g/mol. The molecule has 2 rings (SSSR count). The van der Waals surface area contributed by atoms with Crippen LogP contribution in [-0.2, 0) is 6.54 Å². The number of nitrogens with two attached hydrogens (primary N) is 1. The van der Waals surface area contributed by atoms with Crippen LogP contribution in [0.25, 0.3) is 0 Å². The molecule has 1 aliphatic rings. The summed E-state index contributed by atoms with van der Waals surface area (Å²) in [5.41, 5.74) is 7.76. The van der Waals surface area contributed by atoms with Crippen LogP contribution < -0.4 is 5.73 Å². The lowest BCUT2D eigenvalue weighted by Gasteiger charge is -2.26. The molecule has 0 amide bonds. The van der Waals surface area contributed by atoms with E-state index in [2.05, 4.69) is 28.9 Å². The Morgan fingerprint density at radius 3 is 2.85 bits per heavy atom. The lowest BCUT2D eigenvalue weighted by atomic mass is 9.82. The van der Waals surface area contributed by atoms with Gasteiger partial charge >= 0.3 is 0 Å². The van der Waals surface area contributed by atoms with Crippen LogP contribution in [-0.4, -0.2) is 34.0 Å². The van der Waals surface area contributed by atoms with Gasteiger partial charge in [0.25, 0.3) is 0 Å². The highest BCUT2D eigenvalue weighted by Gasteiger charge is 2.34. The fourth-order valence-corrected chi connectivity index (χ4v) is 3.01. The van der Waals surface area contributed by atoms with Crippen LogP contribution in [0.5, 0.6) is 0 Å². The van der Waals surface area contributed by atoms with Crippen molar-refractivity contribution in [2.45, 2.75) is 39.7 Å². The van der Waals surface area contributed by atoms with Crippen LogP contribution in [0.4, 0.5) is 0 Å². The Morgan fingerprint density at radius 1 is 1.50 bits per heavy atom. The van der Waals surface area contributed by atoms with Crippen molar-refractivity contribution in [1.82, 2.24) is 9.88 Å². The van der Waals surface area contributed by atoms with Crippen molar-refractivity contribution in [2.75, 3.05) is 13.1 Å². The third kappa shape index (κ3) is 3.10. The van der Waals surface area contributed by atoms with Gasteiger partial charge in [0, 0.05) is 19.3 Å². The molecule has 2 heterocycles. The van der Waals surface area contributed by atoms with E-state index in [1.807, 2.05) is 12.1 Å². The summed E-state index contributed by atoms with van der Waals surface area (Å²) in [4.78, 5) is 6.60. The number of rotatable bonds is 5. The second-order valence-corrected chi connectivity index (χ2v) is 5.70. The third-order valence-corrected chi connectivity index (χ3v) is 4.62. The first-order chi connectivity index (χ1) is 9.62. The van der Waals surface area contributed by atoms with Crippen LogP contribution in [0.1, 0.15) is 44.4 Å². The molecule has 0 radical (unpaired) electrons. The molecular formula is C15H24N4O. The number of aromatic nitrogens is 1. The van der Waals surface area contributed by atoms with E-state index in [4.69, 9.17) is 10.9 Å². The maximum absolute atomic E-state index is 8.71. The van der Waals surface area contributed by atoms with E-state index in [-0.39, 0.29) is 5.84 Å². The number of likely N-dealkylation sites (tertiary alicyclic amines) is 1. The maximum atomic E-state index is 8.71. The van der Waals surface area contributed by atoms with Crippen molar-refractivity contribution in [3.63, 3.8) is 0 Å². The predicted octanol–water partition coefficient (Wildman–Crippen LogP) is 2.19. The van der Waals surface area contributed by atoms with E-state index in [1.165, 1.54) is 19.3 Å². The molecule has 1 saturated heterocycles. The Bertz CT molecular complexity index is 483. The van der Waals surface area contributed by atoms with Gasteiger partial charge in [-0.05, 0) is 48.9 Å². The third-order valence-electron chi connectivity index (χ3n) is 4.62. The highest BCUT2D eigenvalue weighted by Crippen LogP contribution is 2.37. The molecule has 0 spiro atoms. The molecule has 1 fully saturated rings. The van der Waals surface area contributed by atoms with Gasteiger partial charge in [0.15, 0.2) is 5.84 Å². The van der Waals surface area contributed by atoms with E-state index in [0.29, 0.717) is 11.1 Å². The fraction of sp³-hybridized carbons (Fsp3) is 0.600. The maximum Gasteiger partial charge on any atom is 0.188 e. The van der Waals surface area contributed by atoms with E-state index in [1.54, 1.807) is 6.20 Å². The molecule has 5 heteroatoms. The predicted molar refractivity (Wildman–Crippen MR) is 79.7 cm³/mol. The van der Waals surface area contributed by atoms with Crippen molar-refractivity contribution < 1.29 is 5.21 Å². The van der Waals surface area contributed by atoms with Crippen LogP contribution in [0.2, 0.25) is 0 Å². The Kier molecular flexibility index (Phi) is 4.60. The summed E-state index contributed by atoms with van der Waals surface area (Å²) < 4.78 is 0. The van der Waals surface area contributed by atoms with E-state index in [9.17, 15) is 0 Å². The topological polar surface area (TPSA) is 74.7 Å². The Labute approximate surface area is 120 Å². The lowest BCUT2D eigenvalue weighted by Crippen LogP contribution is -2.26. The molecule has 110 valence electrons. The molecule has 0 saturated carbocycles. The van der Waals surface area contributed by atoms with Crippen LogP contribution in [0.15, 0.2) is 23.5 Å². The van der Waals surface area contributed by atoms with Gasteiger partial charge in [-0.1, -0.05) is 19.0 Å². The summed E-state index contributed by atoms with van der Waals surface area (Å²) in [7, 11) is 0. The second-order valence-electron chi connectivity index (χ2n) is 5.70. The van der Waals surface area contributed by atoms with Crippen LogP contribution in [0.3, 0.4) is 0 Å². The minimum atomic E-state index is 0.0599. The Morgan fingerprint density at radius 2 is 2.25 bits per heavy atom. The van der Waals surface area contributed by atoms with Crippen molar-refractivity contribution in [3.05, 3.63) is 29.6 Å². The lowest BCUT2D eigenvalue weighted by molar-refractivity contribution is 0.236. The number of pyridine rings is 1. The molecule has 20 heavy (non-hydrogen) atoms. The van der Waals surface area contributed by atoms with Gasteiger partial charge in [-0.15, -0.1) is 0 Å². The monoisotopic (exact) mass is 276 g/mol. The number of hydrogen-bond donors (Lipinski definition) is 2. The van der Waals surface area contributed by atoms with Crippen molar-refractivity contribution in [2.24, 2.45) is 16.3 Å². The summed E-state index contributed by atoms with van der Waals surface area (Å²) in [6.07, 6.45) is 5.47. The summed E-state index contributed by atoms with van der Waals surface area (Å²) >= 11 is 0. The smallest absolute Gasteiger partial charge is 0.188 e. The van der Waals surface area contributed by atoms with Gasteiger partial charge in [0.1, 0.15) is 5.69 Å². The van der Waals surface area contributed by atoms with Gasteiger partial charge < -0.3 is 10.9 Å². The molecule has 0 unspecified atom stereocenters. The van der Waals surface area contributed by atoms with Crippen molar-refractivity contribution in [1.29, 1.82) is 0 Å². The quantitative estimate of drug-likeness (QED) is 0.374. The summed E-state index contributed by atoms with van der Waals surface area (Å²) in [5.74, 6) is 0.0599. The average Bonchev–Trinajstić information content (AvgIpc) is 2.90. The SMILES string of the molecule is CCC1(CC)CCN(Cc2ccnc(/C(N)=N/O)c2)C1. The number of nitrogens with zero attached hydrogens (tertiary/aromatic N) is 3. The molecule has 1 aromatic rings. The molecule has 3 N–H and O–H groups in total. The van der Waals surface area contributed by atoms with Crippen LogP contribution >= 0.6 is 0 Å². The first kappa shape index (κ1) is 14.8. The minimum Gasteiger partial charge on any atom is -0.409 e.